The zero-order valence-corrected chi connectivity index (χ0v) is 13.2. The van der Waals surface area contributed by atoms with Crippen LogP contribution in [0.1, 0.15) is 33.1 Å². The number of rotatable bonds is 6. The van der Waals surface area contributed by atoms with E-state index in [1.807, 2.05) is 38.1 Å². The van der Waals surface area contributed by atoms with Gasteiger partial charge in [0.15, 0.2) is 0 Å². The second kappa shape index (κ2) is 7.06. The highest BCUT2D eigenvalue weighted by Gasteiger charge is 2.16. The third-order valence-electron chi connectivity index (χ3n) is 2.77. The average Bonchev–Trinajstić information content (AvgIpc) is 2.35. The van der Waals surface area contributed by atoms with E-state index < -0.39 is 10.8 Å². The molecule has 98 valence electrons. The maximum Gasteiger partial charge on any atom is 0.0683 e. The van der Waals surface area contributed by atoms with Gasteiger partial charge in [-0.1, -0.05) is 18.6 Å². The number of hydrogen-bond acceptors (Lipinski definition) is 2. The summed E-state index contributed by atoms with van der Waals surface area (Å²) in [5.74, 6) is 0.657. The van der Waals surface area contributed by atoms with Crippen LogP contribution < -0.4 is 0 Å². The first-order valence-electron chi connectivity index (χ1n) is 6.00. The summed E-state index contributed by atoms with van der Waals surface area (Å²) in [7, 11) is -0.955. The van der Waals surface area contributed by atoms with Crippen LogP contribution in [0, 0.1) is 16.7 Å². The topological polar surface area (TPSA) is 40.9 Å². The molecule has 0 fully saturated rings. The lowest BCUT2D eigenvalue weighted by Gasteiger charge is -2.14. The summed E-state index contributed by atoms with van der Waals surface area (Å²) in [5, 5.41) is 8.90. The van der Waals surface area contributed by atoms with Gasteiger partial charge in [-0.05, 0) is 54.8 Å². The van der Waals surface area contributed by atoms with E-state index in [1.165, 1.54) is 0 Å². The Hall–Kier alpha value is -0.660. The Morgan fingerprint density at radius 3 is 2.61 bits per heavy atom. The van der Waals surface area contributed by atoms with Gasteiger partial charge in [0.2, 0.25) is 0 Å². The van der Waals surface area contributed by atoms with E-state index in [-0.39, 0.29) is 5.41 Å². The van der Waals surface area contributed by atoms with E-state index in [1.54, 1.807) is 0 Å². The van der Waals surface area contributed by atoms with Crippen molar-refractivity contribution in [3.05, 3.63) is 28.7 Å². The summed E-state index contributed by atoms with van der Waals surface area (Å²) >= 11 is 3.41. The third kappa shape index (κ3) is 4.91. The molecule has 0 aliphatic heterocycles. The first kappa shape index (κ1) is 15.4. The van der Waals surface area contributed by atoms with E-state index in [0.29, 0.717) is 5.75 Å². The monoisotopic (exact) mass is 327 g/mol. The normalized spacial score (nSPS) is 13.0. The van der Waals surface area contributed by atoms with Crippen molar-refractivity contribution >= 4 is 26.7 Å². The minimum absolute atomic E-state index is 0.269. The summed E-state index contributed by atoms with van der Waals surface area (Å²) in [6, 6.07) is 9.90. The van der Waals surface area contributed by atoms with Crippen molar-refractivity contribution < 1.29 is 4.21 Å². The van der Waals surface area contributed by atoms with E-state index >= 15 is 0 Å². The molecule has 4 heteroatoms. The molecule has 0 heterocycles. The molecule has 1 aromatic rings. The number of unbranched alkanes of at least 4 members (excludes halogenated alkanes) is 1. The highest BCUT2D eigenvalue weighted by molar-refractivity contribution is 9.10. The van der Waals surface area contributed by atoms with Crippen molar-refractivity contribution in [2.24, 2.45) is 5.41 Å². The zero-order chi connectivity index (χ0) is 13.6. The number of halogens is 1. The SMILES string of the molecule is CC(C)(C#N)CCCCS(=O)c1ccccc1Br. The average molecular weight is 328 g/mol. The molecule has 0 bridgehead atoms. The molecule has 1 atom stereocenters. The van der Waals surface area contributed by atoms with Crippen LogP contribution in [0.5, 0.6) is 0 Å². The Balaban J connectivity index is 2.40. The minimum atomic E-state index is -0.955. The van der Waals surface area contributed by atoms with Crippen LogP contribution in [0.25, 0.3) is 0 Å². The maximum atomic E-state index is 12.1. The Bertz CT molecular complexity index is 465. The molecule has 0 amide bonds. The van der Waals surface area contributed by atoms with Crippen molar-refractivity contribution in [3.8, 4) is 6.07 Å². The zero-order valence-electron chi connectivity index (χ0n) is 10.8. The predicted molar refractivity (Wildman–Crippen MR) is 78.7 cm³/mol. The second-order valence-electron chi connectivity index (χ2n) is 4.93. The van der Waals surface area contributed by atoms with Gasteiger partial charge in [-0.3, -0.25) is 4.21 Å². The second-order valence-corrected chi connectivity index (χ2v) is 7.33. The number of nitrogens with zero attached hydrogens (tertiary/aromatic N) is 1. The molecule has 0 radical (unpaired) electrons. The number of hydrogen-bond donors (Lipinski definition) is 0. The lowest BCUT2D eigenvalue weighted by molar-refractivity contribution is 0.432. The van der Waals surface area contributed by atoms with Crippen LogP contribution >= 0.6 is 15.9 Å². The van der Waals surface area contributed by atoms with Crippen molar-refractivity contribution in [2.75, 3.05) is 5.75 Å². The Morgan fingerprint density at radius 1 is 1.33 bits per heavy atom. The molecule has 1 unspecified atom stereocenters. The van der Waals surface area contributed by atoms with Gasteiger partial charge in [0.05, 0.1) is 27.2 Å². The molecular formula is C14H18BrNOS. The van der Waals surface area contributed by atoms with Crippen LogP contribution in [0.2, 0.25) is 0 Å². The molecule has 0 saturated heterocycles. The molecule has 18 heavy (non-hydrogen) atoms. The minimum Gasteiger partial charge on any atom is -0.254 e. The van der Waals surface area contributed by atoms with Gasteiger partial charge in [0.1, 0.15) is 0 Å². The molecule has 0 aliphatic carbocycles. The van der Waals surface area contributed by atoms with Crippen molar-refractivity contribution in [2.45, 2.75) is 38.0 Å². The van der Waals surface area contributed by atoms with Gasteiger partial charge in [-0.2, -0.15) is 5.26 Å². The fourth-order valence-electron chi connectivity index (χ4n) is 1.60. The van der Waals surface area contributed by atoms with Gasteiger partial charge in [-0.15, -0.1) is 0 Å². The summed E-state index contributed by atoms with van der Waals surface area (Å²) in [5.41, 5.74) is -0.269. The van der Waals surface area contributed by atoms with Gasteiger partial charge < -0.3 is 0 Å². The smallest absolute Gasteiger partial charge is 0.0683 e. The van der Waals surface area contributed by atoms with E-state index in [0.717, 1.165) is 28.6 Å². The van der Waals surface area contributed by atoms with Gasteiger partial charge in [0.25, 0.3) is 0 Å². The van der Waals surface area contributed by atoms with Gasteiger partial charge in [0, 0.05) is 10.2 Å². The van der Waals surface area contributed by atoms with Crippen molar-refractivity contribution in [1.29, 1.82) is 5.26 Å². The molecule has 1 rings (SSSR count). The van der Waals surface area contributed by atoms with Crippen LogP contribution in [-0.4, -0.2) is 9.96 Å². The van der Waals surface area contributed by atoms with Crippen LogP contribution in [0.15, 0.2) is 33.6 Å². The van der Waals surface area contributed by atoms with Crippen molar-refractivity contribution in [3.63, 3.8) is 0 Å². The van der Waals surface area contributed by atoms with E-state index in [4.69, 9.17) is 5.26 Å². The lowest BCUT2D eigenvalue weighted by Crippen LogP contribution is -2.08. The van der Waals surface area contributed by atoms with Crippen LogP contribution in [0.3, 0.4) is 0 Å². The summed E-state index contributed by atoms with van der Waals surface area (Å²) in [6.07, 6.45) is 2.69. The Labute approximate surface area is 120 Å². The summed E-state index contributed by atoms with van der Waals surface area (Å²) < 4.78 is 13.0. The number of nitriles is 1. The van der Waals surface area contributed by atoms with Crippen molar-refractivity contribution in [1.82, 2.24) is 0 Å². The highest BCUT2D eigenvalue weighted by atomic mass is 79.9. The van der Waals surface area contributed by atoms with Crippen LogP contribution in [-0.2, 0) is 10.8 Å². The molecule has 0 saturated carbocycles. The molecule has 0 N–H and O–H groups in total. The lowest BCUT2D eigenvalue weighted by atomic mass is 9.89. The first-order chi connectivity index (χ1) is 8.46. The summed E-state index contributed by atoms with van der Waals surface area (Å²) in [6.45, 7) is 3.88. The quantitative estimate of drug-likeness (QED) is 0.732. The molecular weight excluding hydrogens is 310 g/mol. The standard InChI is InChI=1S/C14H18BrNOS/c1-14(2,11-16)9-5-6-10-18(17)13-8-4-3-7-12(13)15/h3-4,7-8H,5-6,9-10H2,1-2H3. The van der Waals surface area contributed by atoms with Crippen LogP contribution in [0.4, 0.5) is 0 Å². The maximum absolute atomic E-state index is 12.1. The molecule has 0 aromatic heterocycles. The van der Waals surface area contributed by atoms with E-state index in [9.17, 15) is 4.21 Å². The number of benzene rings is 1. The molecule has 2 nitrogen and oxygen atoms in total. The molecule has 0 aliphatic rings. The predicted octanol–water partition coefficient (Wildman–Crippen LogP) is 4.28. The largest absolute Gasteiger partial charge is 0.254 e. The Kier molecular flexibility index (Phi) is 6.04. The van der Waals surface area contributed by atoms with Gasteiger partial charge in [-0.25, -0.2) is 0 Å². The third-order valence-corrected chi connectivity index (χ3v) is 5.23. The first-order valence-corrected chi connectivity index (χ1v) is 8.11. The Morgan fingerprint density at radius 2 is 2.00 bits per heavy atom. The highest BCUT2D eigenvalue weighted by Crippen LogP contribution is 2.23. The van der Waals surface area contributed by atoms with E-state index in [2.05, 4.69) is 22.0 Å². The summed E-state index contributed by atoms with van der Waals surface area (Å²) in [4.78, 5) is 0.858. The van der Waals surface area contributed by atoms with Gasteiger partial charge >= 0.3 is 0 Å². The fraction of sp³-hybridized carbons (Fsp3) is 0.500. The molecule has 1 aromatic carbocycles. The fourth-order valence-corrected chi connectivity index (χ4v) is 3.62. The molecule has 0 spiro atoms.